The van der Waals surface area contributed by atoms with Gasteiger partial charge in [0.05, 0.1) is 19.2 Å². The molecule has 1 fully saturated rings. The van der Waals surface area contributed by atoms with Gasteiger partial charge in [0, 0.05) is 122 Å². The number of hydrogen-bond acceptors (Lipinski definition) is 5. The summed E-state index contributed by atoms with van der Waals surface area (Å²) in [6.45, 7) is 8.48. The molecule has 0 spiro atoms. The number of esters is 1. The number of urea groups is 1. The first-order chi connectivity index (χ1) is 26.1. The summed E-state index contributed by atoms with van der Waals surface area (Å²) in [7, 11) is 45.5. The van der Waals surface area contributed by atoms with Crippen molar-refractivity contribution in [3.8, 4) is 0 Å². The van der Waals surface area contributed by atoms with Crippen molar-refractivity contribution < 1.29 is 23.9 Å². The fourth-order valence-corrected chi connectivity index (χ4v) is 6.60. The highest BCUT2D eigenvalue weighted by molar-refractivity contribution is 9.10. The van der Waals surface area contributed by atoms with Crippen LogP contribution in [0.4, 0.5) is 4.79 Å². The summed E-state index contributed by atoms with van der Waals surface area (Å²) in [6, 6.07) is 21.3. The van der Waals surface area contributed by atoms with Crippen molar-refractivity contribution in [3.63, 3.8) is 0 Å². The van der Waals surface area contributed by atoms with E-state index in [1.165, 1.54) is 7.11 Å². The van der Waals surface area contributed by atoms with Crippen LogP contribution in [-0.4, -0.2) is 143 Å². The van der Waals surface area contributed by atoms with Gasteiger partial charge in [-0.25, -0.2) is 9.59 Å². The number of ether oxygens (including phenoxy) is 1. The van der Waals surface area contributed by atoms with Crippen LogP contribution in [0.25, 0.3) is 0 Å². The molecule has 260 valence electrons. The summed E-state index contributed by atoms with van der Waals surface area (Å²) in [5.74, 6) is -0.880. The molecule has 0 bridgehead atoms. The molecule has 1 atom stereocenters. The van der Waals surface area contributed by atoms with Gasteiger partial charge >= 0.3 is 12.0 Å². The third-order valence-corrected chi connectivity index (χ3v) is 9.52. The summed E-state index contributed by atoms with van der Waals surface area (Å²) in [5, 5.41) is 5.68. The van der Waals surface area contributed by atoms with Crippen LogP contribution >= 0.6 is 31.9 Å². The number of methoxy groups -OCH3 is 1. The maximum atomic E-state index is 12.7. The number of carbonyl (C=O) groups excluding carboxylic acids is 4. The topological polar surface area (TPSA) is 105 Å². The average Bonchev–Trinajstić information content (AvgIpc) is 3.64. The predicted octanol–water partition coefficient (Wildman–Crippen LogP) is 1.23. The molecule has 4 amide bonds. The monoisotopic (exact) mass is 841 g/mol. The zero-order valence-corrected chi connectivity index (χ0v) is 35.0. The van der Waals surface area contributed by atoms with Gasteiger partial charge in [-0.1, -0.05) is 108 Å². The van der Waals surface area contributed by atoms with E-state index in [0.29, 0.717) is 28.6 Å². The third kappa shape index (κ3) is 13.8. The first kappa shape index (κ1) is 50.4. The fourth-order valence-electron chi connectivity index (χ4n) is 5.85. The van der Waals surface area contributed by atoms with Gasteiger partial charge < -0.3 is 15.0 Å². The third-order valence-electron chi connectivity index (χ3n) is 8.39. The van der Waals surface area contributed by atoms with Crippen LogP contribution < -0.4 is 10.6 Å². The number of nitrogens with one attached hydrogen (secondary N) is 2. The van der Waals surface area contributed by atoms with Crippen molar-refractivity contribution in [3.05, 3.63) is 105 Å². The minimum absolute atomic E-state index is 0.0692. The molecule has 8 nitrogen and oxygen atoms in total. The predicted molar refractivity (Wildman–Crippen MR) is 247 cm³/mol. The first-order valence-corrected chi connectivity index (χ1v) is 19.5. The second kappa shape index (κ2) is 24.9. The Hall–Kier alpha value is -2.59. The average molecular weight is 841 g/mol. The molecular weight excluding hydrogens is 806 g/mol. The molecule has 0 aromatic heterocycles. The number of amides is 4. The van der Waals surface area contributed by atoms with E-state index in [2.05, 4.69) is 47.2 Å². The van der Waals surface area contributed by atoms with Gasteiger partial charge in [-0.05, 0) is 41.0 Å². The molecule has 1 unspecified atom stereocenters. The quantitative estimate of drug-likeness (QED) is 0.139. The summed E-state index contributed by atoms with van der Waals surface area (Å²) in [5.41, 5.74) is 2.46. The number of halogens is 2. The highest BCUT2D eigenvalue weighted by Gasteiger charge is 2.50. The normalized spacial score (nSPS) is 14.5. The second-order valence-corrected chi connectivity index (χ2v) is 13.4. The molecule has 5 rings (SSSR count). The molecule has 24 heteroatoms. The summed E-state index contributed by atoms with van der Waals surface area (Å²) in [6.07, 6.45) is -4.08. The molecule has 2 N–H and O–H groups in total. The van der Waals surface area contributed by atoms with Crippen LogP contribution in [0.1, 0.15) is 65.1 Å². The highest BCUT2D eigenvalue weighted by Crippen LogP contribution is 2.31. The largest absolute Gasteiger partial charge is 0.465 e. The van der Waals surface area contributed by atoms with E-state index in [1.54, 1.807) is 41.3 Å². The molecule has 2 aliphatic heterocycles. The number of hydrogen-bond donors (Lipinski definition) is 2. The smallest absolute Gasteiger partial charge is 0.338 e. The number of carbonyl (C=O) groups is 4. The maximum absolute atomic E-state index is 12.7. The van der Waals surface area contributed by atoms with E-state index in [4.69, 9.17) is 61.9 Å². The molecule has 0 aliphatic carbocycles. The van der Waals surface area contributed by atoms with Gasteiger partial charge in [0.1, 0.15) is 0 Å². The number of rotatable bonds is 10. The van der Waals surface area contributed by atoms with Crippen molar-refractivity contribution in [1.82, 2.24) is 15.5 Å². The van der Waals surface area contributed by atoms with E-state index >= 15 is 0 Å². The standard InChI is InChI=1S/C18H14BrN3O3.C9H9BrO2.2C2H6.B14/c19-13-7-5-12(6-8-13)18(16(24)20-17(25)21-18)10-22-9-11-3-1-2-4-14(11)15(22)23;1-12-9(11)8-5-3-2-4-7(8)6-10;2*1-2;1-9(2)13(10(3)4)14(11(5)6)12(7)8/h1-8H,9-10H2,(H2,20,21,24,25);2-5H,6H2,1H3;2*1-2H3;. The van der Waals surface area contributed by atoms with Crippen molar-refractivity contribution >= 4 is 156 Å². The molecule has 2 heterocycles. The Kier molecular flexibility index (Phi) is 22.8. The molecule has 55 heavy (non-hydrogen) atoms. The Labute approximate surface area is 357 Å². The Balaban J connectivity index is 0.000000431. The first-order valence-electron chi connectivity index (χ1n) is 17.6. The van der Waals surface area contributed by atoms with E-state index < -0.39 is 55.8 Å². The van der Waals surface area contributed by atoms with E-state index in [9.17, 15) is 19.2 Å². The van der Waals surface area contributed by atoms with Crippen LogP contribution in [0.15, 0.2) is 77.3 Å². The Bertz CT molecular complexity index is 1660. The molecule has 2 aliphatic rings. The minimum Gasteiger partial charge on any atom is -0.465 e. The van der Waals surface area contributed by atoms with Crippen LogP contribution in [0.5, 0.6) is 0 Å². The van der Waals surface area contributed by atoms with Crippen LogP contribution in [0.3, 0.4) is 0 Å². The summed E-state index contributed by atoms with van der Waals surface area (Å²) in [4.78, 5) is 49.9. The maximum Gasteiger partial charge on any atom is 0.338 e. The molecule has 0 saturated carbocycles. The van der Waals surface area contributed by atoms with E-state index in [-0.39, 0.29) is 18.4 Å². The van der Waals surface area contributed by atoms with Crippen LogP contribution in [-0.2, 0) is 26.9 Å². The second-order valence-electron chi connectivity index (χ2n) is 11.9. The molecule has 1 saturated heterocycles. The minimum atomic E-state index is -1.30. The lowest BCUT2D eigenvalue weighted by molar-refractivity contribution is -0.124. The lowest BCUT2D eigenvalue weighted by Gasteiger charge is -2.34. The van der Waals surface area contributed by atoms with Gasteiger partial charge in [0.2, 0.25) is 0 Å². The lowest BCUT2D eigenvalue weighted by atomic mass is 8.47. The number of benzene rings is 3. The molecular formula is C31H35B14Br2N3O5. The van der Waals surface area contributed by atoms with Gasteiger partial charge in [-0.15, -0.1) is 0 Å². The van der Waals surface area contributed by atoms with Gasteiger partial charge in [-0.2, -0.15) is 0 Å². The van der Waals surface area contributed by atoms with Crippen LogP contribution in [0.2, 0.25) is 0 Å². The van der Waals surface area contributed by atoms with Crippen molar-refractivity contribution in [2.24, 2.45) is 0 Å². The molecule has 3 aromatic carbocycles. The zero-order valence-electron chi connectivity index (χ0n) is 31.9. The SMILES string of the molecule is CC.CC.COC(=O)c1ccccc1CBr.O=C1NC(=O)C(CN2Cc3ccccc3C2=O)(c2ccc(Br)cc2)N1.[B]B([B])B(B([B])[B])B(B([B])[B])B([B])[B]. The number of alkyl halides is 1. The molecule has 16 radical (unpaired) electrons. The van der Waals surface area contributed by atoms with Gasteiger partial charge in [-0.3, -0.25) is 14.9 Å². The van der Waals surface area contributed by atoms with Gasteiger partial charge in [0.25, 0.3) is 11.8 Å². The highest BCUT2D eigenvalue weighted by atomic mass is 79.9. The fraction of sp³-hybridized carbons (Fsp3) is 0.290. The summed E-state index contributed by atoms with van der Waals surface area (Å²) < 4.78 is 5.48. The van der Waals surface area contributed by atoms with E-state index in [0.717, 1.165) is 15.6 Å². The van der Waals surface area contributed by atoms with Gasteiger partial charge in [0.15, 0.2) is 5.54 Å². The Morgan fingerprint density at radius 3 is 1.71 bits per heavy atom. The van der Waals surface area contributed by atoms with Crippen molar-refractivity contribution in [2.45, 2.75) is 45.1 Å². The van der Waals surface area contributed by atoms with Crippen molar-refractivity contribution in [2.75, 3.05) is 13.7 Å². The number of fused-ring (bicyclic) bond motifs is 1. The Morgan fingerprint density at radius 2 is 1.27 bits per heavy atom. The summed E-state index contributed by atoms with van der Waals surface area (Å²) >= 11 is 6.66. The van der Waals surface area contributed by atoms with Crippen molar-refractivity contribution in [1.29, 1.82) is 0 Å². The van der Waals surface area contributed by atoms with Crippen LogP contribution in [0, 0.1) is 0 Å². The molecule has 3 aromatic rings. The van der Waals surface area contributed by atoms with E-state index in [1.807, 2.05) is 64.1 Å². The number of imide groups is 1. The number of nitrogens with zero attached hydrogens (tertiary/aromatic N) is 1. The lowest BCUT2D eigenvalue weighted by Crippen LogP contribution is -2.72. The zero-order chi connectivity index (χ0) is 42.0. The Morgan fingerprint density at radius 1 is 0.782 bits per heavy atom.